The van der Waals surface area contributed by atoms with Gasteiger partial charge in [-0.2, -0.15) is 0 Å². The van der Waals surface area contributed by atoms with Gasteiger partial charge >= 0.3 is 24.1 Å². The van der Waals surface area contributed by atoms with Gasteiger partial charge in [0, 0.05) is 26.2 Å². The van der Waals surface area contributed by atoms with E-state index in [4.69, 9.17) is 18.9 Å². The SMILES string of the molecule is CCOC(=O)N(C)[C@H](C)COC(=O)/C=C/C(=O)OC[C@@H](C)N(C)C(=O)OCC. The number of esters is 2. The number of carbonyl (C=O) groups is 4. The molecule has 2 amide bonds. The van der Waals surface area contributed by atoms with Crippen molar-refractivity contribution in [3.63, 3.8) is 0 Å². The van der Waals surface area contributed by atoms with Crippen molar-refractivity contribution < 1.29 is 38.1 Å². The normalized spacial score (nSPS) is 12.6. The highest BCUT2D eigenvalue weighted by Crippen LogP contribution is 2.02. The van der Waals surface area contributed by atoms with Crippen LogP contribution in [0.2, 0.25) is 0 Å². The Hall–Kier alpha value is -2.78. The summed E-state index contributed by atoms with van der Waals surface area (Å²) < 4.78 is 19.6. The predicted octanol–water partition coefficient (Wildman–Crippen LogP) is 1.58. The average molecular weight is 402 g/mol. The molecule has 0 N–H and O–H groups in total. The molecule has 0 aliphatic rings. The lowest BCUT2D eigenvalue weighted by atomic mass is 10.3. The minimum absolute atomic E-state index is 0.0606. The van der Waals surface area contributed by atoms with E-state index in [2.05, 4.69) is 0 Å². The lowest BCUT2D eigenvalue weighted by Gasteiger charge is -2.23. The third-order valence-electron chi connectivity index (χ3n) is 3.72. The van der Waals surface area contributed by atoms with Crippen LogP contribution in [0.3, 0.4) is 0 Å². The van der Waals surface area contributed by atoms with Crippen LogP contribution in [0.1, 0.15) is 27.7 Å². The van der Waals surface area contributed by atoms with Crippen molar-refractivity contribution >= 4 is 24.1 Å². The van der Waals surface area contributed by atoms with E-state index in [1.54, 1.807) is 27.7 Å². The van der Waals surface area contributed by atoms with E-state index in [1.165, 1.54) is 23.9 Å². The van der Waals surface area contributed by atoms with Crippen LogP contribution in [0, 0.1) is 0 Å². The lowest BCUT2D eigenvalue weighted by Crippen LogP contribution is -2.39. The van der Waals surface area contributed by atoms with Crippen LogP contribution in [-0.4, -0.2) is 86.5 Å². The molecule has 0 rings (SSSR count). The van der Waals surface area contributed by atoms with Gasteiger partial charge in [-0.05, 0) is 27.7 Å². The minimum atomic E-state index is -0.752. The summed E-state index contributed by atoms with van der Waals surface area (Å²) in [6.45, 7) is 7.12. The fourth-order valence-electron chi connectivity index (χ4n) is 1.67. The Labute approximate surface area is 165 Å². The Morgan fingerprint density at radius 2 is 1.04 bits per heavy atom. The fraction of sp³-hybridized carbons (Fsp3) is 0.667. The van der Waals surface area contributed by atoms with E-state index in [0.29, 0.717) is 0 Å². The largest absolute Gasteiger partial charge is 0.460 e. The van der Waals surface area contributed by atoms with Crippen LogP contribution in [0.5, 0.6) is 0 Å². The Kier molecular flexibility index (Phi) is 12.1. The molecule has 0 aromatic carbocycles. The molecule has 0 aliphatic carbocycles. The summed E-state index contributed by atoms with van der Waals surface area (Å²) in [5.74, 6) is -1.50. The summed E-state index contributed by atoms with van der Waals surface area (Å²) in [5, 5.41) is 0. The molecule has 0 heterocycles. The molecule has 0 saturated heterocycles. The van der Waals surface area contributed by atoms with Crippen molar-refractivity contribution in [3.05, 3.63) is 12.2 Å². The number of rotatable bonds is 10. The maximum Gasteiger partial charge on any atom is 0.409 e. The number of hydrogen-bond acceptors (Lipinski definition) is 8. The highest BCUT2D eigenvalue weighted by Gasteiger charge is 2.19. The van der Waals surface area contributed by atoms with Gasteiger partial charge < -0.3 is 28.7 Å². The zero-order chi connectivity index (χ0) is 21.7. The van der Waals surface area contributed by atoms with Crippen LogP contribution in [0.4, 0.5) is 9.59 Å². The van der Waals surface area contributed by atoms with Crippen molar-refractivity contribution in [2.24, 2.45) is 0 Å². The van der Waals surface area contributed by atoms with Crippen molar-refractivity contribution in [2.75, 3.05) is 40.5 Å². The zero-order valence-corrected chi connectivity index (χ0v) is 17.3. The van der Waals surface area contributed by atoms with Gasteiger partial charge in [-0.3, -0.25) is 0 Å². The molecule has 0 aliphatic heterocycles. The molecular formula is C18H30N2O8. The summed E-state index contributed by atoms with van der Waals surface area (Å²) in [4.78, 5) is 49.0. The Morgan fingerprint density at radius 3 is 1.32 bits per heavy atom. The van der Waals surface area contributed by atoms with Crippen LogP contribution >= 0.6 is 0 Å². The first-order chi connectivity index (χ1) is 13.1. The first kappa shape index (κ1) is 25.2. The predicted molar refractivity (Wildman–Crippen MR) is 99.6 cm³/mol. The molecule has 0 aromatic heterocycles. The molecule has 10 nitrogen and oxygen atoms in total. The number of ether oxygens (including phenoxy) is 4. The van der Waals surface area contributed by atoms with E-state index < -0.39 is 36.2 Å². The van der Waals surface area contributed by atoms with Gasteiger partial charge in [0.15, 0.2) is 0 Å². The molecule has 160 valence electrons. The average Bonchev–Trinajstić information content (AvgIpc) is 2.67. The van der Waals surface area contributed by atoms with Gasteiger partial charge in [0.25, 0.3) is 0 Å². The lowest BCUT2D eigenvalue weighted by molar-refractivity contribution is -0.141. The standard InChI is InChI=1S/C18H30N2O8/c1-7-25-17(23)19(5)13(3)11-27-15(21)9-10-16(22)28-12-14(4)20(6)18(24)26-8-2/h9-10,13-14H,7-8,11-12H2,1-6H3/b10-9+/t13-,14-/m1/s1. The van der Waals surface area contributed by atoms with Crippen LogP contribution in [0.15, 0.2) is 12.2 Å². The van der Waals surface area contributed by atoms with Crippen molar-refractivity contribution in [3.8, 4) is 0 Å². The Bertz CT molecular complexity index is 516. The third kappa shape index (κ3) is 9.79. The summed E-state index contributed by atoms with van der Waals surface area (Å²) in [6, 6.07) is -0.801. The quantitative estimate of drug-likeness (QED) is 0.308. The smallest absolute Gasteiger partial charge is 0.409 e. The van der Waals surface area contributed by atoms with E-state index in [1.807, 2.05) is 0 Å². The summed E-state index contributed by atoms with van der Waals surface area (Å²) >= 11 is 0. The van der Waals surface area contributed by atoms with E-state index >= 15 is 0 Å². The van der Waals surface area contributed by atoms with E-state index in [0.717, 1.165) is 12.2 Å². The summed E-state index contributed by atoms with van der Waals surface area (Å²) in [7, 11) is 3.05. The van der Waals surface area contributed by atoms with Crippen LogP contribution in [0.25, 0.3) is 0 Å². The van der Waals surface area contributed by atoms with Gasteiger partial charge in [0.05, 0.1) is 25.3 Å². The zero-order valence-electron chi connectivity index (χ0n) is 17.3. The number of nitrogens with zero attached hydrogens (tertiary/aromatic N) is 2. The summed E-state index contributed by atoms with van der Waals surface area (Å²) in [5.41, 5.74) is 0. The topological polar surface area (TPSA) is 112 Å². The van der Waals surface area contributed by atoms with Gasteiger partial charge in [-0.25, -0.2) is 19.2 Å². The van der Waals surface area contributed by atoms with E-state index in [9.17, 15) is 19.2 Å². The molecule has 0 fully saturated rings. The molecule has 0 bridgehead atoms. The van der Waals surface area contributed by atoms with Crippen molar-refractivity contribution in [1.29, 1.82) is 0 Å². The summed E-state index contributed by atoms with van der Waals surface area (Å²) in [6.07, 6.45) is 0.817. The van der Waals surface area contributed by atoms with Crippen molar-refractivity contribution in [2.45, 2.75) is 39.8 Å². The highest BCUT2D eigenvalue weighted by molar-refractivity contribution is 5.91. The first-order valence-electron chi connectivity index (χ1n) is 8.94. The molecule has 0 spiro atoms. The van der Waals surface area contributed by atoms with E-state index in [-0.39, 0.29) is 26.4 Å². The molecule has 10 heteroatoms. The Balaban J connectivity index is 4.28. The van der Waals surface area contributed by atoms with Crippen LogP contribution in [-0.2, 0) is 28.5 Å². The van der Waals surface area contributed by atoms with Gasteiger partial charge in [0.2, 0.25) is 0 Å². The fourth-order valence-corrected chi connectivity index (χ4v) is 1.67. The Morgan fingerprint density at radius 1 is 0.714 bits per heavy atom. The minimum Gasteiger partial charge on any atom is -0.460 e. The second-order valence-electron chi connectivity index (χ2n) is 5.91. The number of hydrogen-bond donors (Lipinski definition) is 0. The molecule has 0 radical (unpaired) electrons. The molecule has 0 unspecified atom stereocenters. The number of amides is 2. The number of carbonyl (C=O) groups excluding carboxylic acids is 4. The van der Waals surface area contributed by atoms with Gasteiger partial charge in [0.1, 0.15) is 13.2 Å². The molecule has 0 aromatic rings. The molecule has 0 saturated carbocycles. The second-order valence-corrected chi connectivity index (χ2v) is 5.91. The van der Waals surface area contributed by atoms with Crippen molar-refractivity contribution in [1.82, 2.24) is 9.80 Å². The molecule has 28 heavy (non-hydrogen) atoms. The molecular weight excluding hydrogens is 372 g/mol. The highest BCUT2D eigenvalue weighted by atomic mass is 16.6. The van der Waals surface area contributed by atoms with Crippen LogP contribution < -0.4 is 0 Å². The van der Waals surface area contributed by atoms with Gasteiger partial charge in [-0.1, -0.05) is 0 Å². The van der Waals surface area contributed by atoms with Gasteiger partial charge in [-0.15, -0.1) is 0 Å². The third-order valence-corrected chi connectivity index (χ3v) is 3.72. The first-order valence-corrected chi connectivity index (χ1v) is 8.94. The molecule has 2 atom stereocenters. The number of likely N-dealkylation sites (N-methyl/N-ethyl adjacent to an activating group) is 2. The monoisotopic (exact) mass is 402 g/mol. The maximum atomic E-state index is 11.7. The maximum absolute atomic E-state index is 11.7. The second kappa shape index (κ2) is 13.4.